The molecule has 1 N–H and O–H groups in total. The number of anilines is 2. The molecule has 0 unspecified atom stereocenters. The molecule has 2 amide bonds. The lowest BCUT2D eigenvalue weighted by atomic mass is 10.2. The number of rotatable bonds is 9. The van der Waals surface area contributed by atoms with Crippen molar-refractivity contribution in [1.82, 2.24) is 0 Å². The molecular weight excluding hydrogens is 452 g/mol. The van der Waals surface area contributed by atoms with E-state index in [-0.39, 0.29) is 18.9 Å². The second-order valence-corrected chi connectivity index (χ2v) is 7.70. The molecule has 8 heteroatoms. The number of halogens is 1. The summed E-state index contributed by atoms with van der Waals surface area (Å²) in [5.41, 5.74) is 1.18. The fourth-order valence-electron chi connectivity index (χ4n) is 3.09. The minimum absolute atomic E-state index is 0.0354. The van der Waals surface area contributed by atoms with E-state index in [9.17, 15) is 14.4 Å². The molecule has 1 fully saturated rings. The highest BCUT2D eigenvalue weighted by molar-refractivity contribution is 9.10. The fraction of sp³-hybridized carbons (Fsp3) is 0.318. The number of ether oxygens (including phenoxy) is 2. The normalized spacial score (nSPS) is 13.2. The summed E-state index contributed by atoms with van der Waals surface area (Å²) in [5.74, 6) is -0.167. The Hall–Kier alpha value is -2.87. The van der Waals surface area contributed by atoms with E-state index in [0.717, 1.165) is 10.9 Å². The first-order valence-electron chi connectivity index (χ1n) is 9.76. The minimum Gasteiger partial charge on any atom is -0.494 e. The first-order chi connectivity index (χ1) is 14.5. The molecule has 0 bridgehead atoms. The van der Waals surface area contributed by atoms with Crippen molar-refractivity contribution in [3.63, 3.8) is 0 Å². The first-order valence-corrected chi connectivity index (χ1v) is 10.6. The number of esters is 1. The van der Waals surface area contributed by atoms with Gasteiger partial charge in [0, 0.05) is 23.9 Å². The van der Waals surface area contributed by atoms with Gasteiger partial charge in [0.25, 0.3) is 5.91 Å². The predicted molar refractivity (Wildman–Crippen MR) is 116 cm³/mol. The topological polar surface area (TPSA) is 84.9 Å². The Bertz CT molecular complexity index is 918. The summed E-state index contributed by atoms with van der Waals surface area (Å²) in [4.78, 5) is 37.7. The van der Waals surface area contributed by atoms with E-state index in [0.29, 0.717) is 43.1 Å². The highest BCUT2D eigenvalue weighted by atomic mass is 79.9. The number of hydrogen-bond donors (Lipinski definition) is 1. The molecule has 2 aromatic rings. The number of amides is 2. The Morgan fingerprint density at radius 1 is 1.13 bits per heavy atom. The van der Waals surface area contributed by atoms with Crippen LogP contribution < -0.4 is 15.0 Å². The van der Waals surface area contributed by atoms with Crippen LogP contribution in [0.1, 0.15) is 25.7 Å². The Balaban J connectivity index is 1.39. The van der Waals surface area contributed by atoms with Crippen LogP contribution in [-0.2, 0) is 19.1 Å². The van der Waals surface area contributed by atoms with Crippen molar-refractivity contribution in [2.75, 3.05) is 30.0 Å². The maximum atomic E-state index is 12.2. The molecule has 1 saturated heterocycles. The monoisotopic (exact) mass is 474 g/mol. The molecule has 1 aliphatic rings. The molecule has 2 aromatic carbocycles. The summed E-state index contributed by atoms with van der Waals surface area (Å²) in [6, 6.07) is 14.5. The second-order valence-electron chi connectivity index (χ2n) is 6.78. The SMILES string of the molecule is O=C(COC(=O)CCCOc1cccc(Br)c1)Nc1ccccc1N1CCCC1=O. The van der Waals surface area contributed by atoms with Gasteiger partial charge in [-0.15, -0.1) is 0 Å². The summed E-state index contributed by atoms with van der Waals surface area (Å²) >= 11 is 3.37. The molecule has 1 aliphatic heterocycles. The van der Waals surface area contributed by atoms with Gasteiger partial charge < -0.3 is 19.7 Å². The number of nitrogens with one attached hydrogen (secondary N) is 1. The molecule has 158 valence electrons. The summed E-state index contributed by atoms with van der Waals surface area (Å²) in [6.07, 6.45) is 1.93. The van der Waals surface area contributed by atoms with E-state index in [2.05, 4.69) is 21.2 Å². The van der Waals surface area contributed by atoms with Crippen molar-refractivity contribution >= 4 is 45.1 Å². The minimum atomic E-state index is -0.467. The van der Waals surface area contributed by atoms with Gasteiger partial charge in [0.15, 0.2) is 6.61 Å². The van der Waals surface area contributed by atoms with Gasteiger partial charge in [0.1, 0.15) is 5.75 Å². The lowest BCUT2D eigenvalue weighted by Gasteiger charge is -2.19. The second kappa shape index (κ2) is 10.8. The van der Waals surface area contributed by atoms with Gasteiger partial charge in [-0.05, 0) is 43.2 Å². The Morgan fingerprint density at radius 2 is 1.97 bits per heavy atom. The van der Waals surface area contributed by atoms with E-state index in [4.69, 9.17) is 9.47 Å². The molecule has 0 aliphatic carbocycles. The van der Waals surface area contributed by atoms with E-state index in [1.807, 2.05) is 30.3 Å². The van der Waals surface area contributed by atoms with Crippen LogP contribution in [0, 0.1) is 0 Å². The van der Waals surface area contributed by atoms with Crippen LogP contribution in [0.5, 0.6) is 5.75 Å². The van der Waals surface area contributed by atoms with Crippen molar-refractivity contribution in [3.8, 4) is 5.75 Å². The third-order valence-electron chi connectivity index (χ3n) is 4.50. The van der Waals surface area contributed by atoms with Crippen LogP contribution in [-0.4, -0.2) is 37.5 Å². The van der Waals surface area contributed by atoms with Gasteiger partial charge in [-0.3, -0.25) is 14.4 Å². The third-order valence-corrected chi connectivity index (χ3v) is 4.99. The summed E-state index contributed by atoms with van der Waals surface area (Å²) in [7, 11) is 0. The molecule has 0 atom stereocenters. The highest BCUT2D eigenvalue weighted by Crippen LogP contribution is 2.29. The van der Waals surface area contributed by atoms with Crippen LogP contribution in [0.25, 0.3) is 0 Å². The van der Waals surface area contributed by atoms with Crippen molar-refractivity contribution in [3.05, 3.63) is 53.0 Å². The summed E-state index contributed by atoms with van der Waals surface area (Å²) < 4.78 is 11.5. The fourth-order valence-corrected chi connectivity index (χ4v) is 3.46. The molecular formula is C22H23BrN2O5. The largest absolute Gasteiger partial charge is 0.494 e. The number of para-hydroxylation sites is 2. The van der Waals surface area contributed by atoms with Crippen LogP contribution in [0.15, 0.2) is 53.0 Å². The zero-order valence-electron chi connectivity index (χ0n) is 16.4. The zero-order valence-corrected chi connectivity index (χ0v) is 18.0. The summed E-state index contributed by atoms with van der Waals surface area (Å²) in [5, 5.41) is 2.72. The van der Waals surface area contributed by atoms with Crippen LogP contribution in [0.3, 0.4) is 0 Å². The van der Waals surface area contributed by atoms with Crippen molar-refractivity contribution in [1.29, 1.82) is 0 Å². The predicted octanol–water partition coefficient (Wildman–Crippen LogP) is 3.92. The van der Waals surface area contributed by atoms with Crippen molar-refractivity contribution in [2.45, 2.75) is 25.7 Å². The molecule has 0 saturated carbocycles. The van der Waals surface area contributed by atoms with E-state index < -0.39 is 11.9 Å². The first kappa shape index (κ1) is 21.8. The molecule has 3 rings (SSSR count). The Morgan fingerprint density at radius 3 is 2.73 bits per heavy atom. The van der Waals surface area contributed by atoms with Crippen LogP contribution in [0.2, 0.25) is 0 Å². The van der Waals surface area contributed by atoms with Crippen LogP contribution in [0.4, 0.5) is 11.4 Å². The lowest BCUT2D eigenvalue weighted by Crippen LogP contribution is -2.27. The lowest BCUT2D eigenvalue weighted by molar-refractivity contribution is -0.147. The number of nitrogens with zero attached hydrogens (tertiary/aromatic N) is 1. The quantitative estimate of drug-likeness (QED) is 0.439. The average Bonchev–Trinajstić information content (AvgIpc) is 3.16. The van der Waals surface area contributed by atoms with E-state index in [1.165, 1.54) is 0 Å². The molecule has 0 radical (unpaired) electrons. The molecule has 1 heterocycles. The number of carbonyl (C=O) groups excluding carboxylic acids is 3. The number of carbonyl (C=O) groups is 3. The maximum Gasteiger partial charge on any atom is 0.306 e. The van der Waals surface area contributed by atoms with E-state index >= 15 is 0 Å². The van der Waals surface area contributed by atoms with Crippen LogP contribution >= 0.6 is 15.9 Å². The molecule has 0 spiro atoms. The Labute approximate surface area is 183 Å². The van der Waals surface area contributed by atoms with E-state index in [1.54, 1.807) is 23.1 Å². The van der Waals surface area contributed by atoms with Gasteiger partial charge in [0.05, 0.1) is 18.0 Å². The van der Waals surface area contributed by atoms with Crippen molar-refractivity contribution < 1.29 is 23.9 Å². The van der Waals surface area contributed by atoms with Gasteiger partial charge in [0.2, 0.25) is 5.91 Å². The third kappa shape index (κ3) is 6.32. The zero-order chi connectivity index (χ0) is 21.3. The molecule has 0 aromatic heterocycles. The summed E-state index contributed by atoms with van der Waals surface area (Å²) in [6.45, 7) is 0.616. The standard InChI is InChI=1S/C22H23BrN2O5/c23-16-6-3-7-17(14-16)29-13-5-11-22(28)30-15-20(26)24-18-8-1-2-9-19(18)25-12-4-10-21(25)27/h1-3,6-9,14H,4-5,10-13,15H2,(H,24,26). The number of hydrogen-bond acceptors (Lipinski definition) is 5. The highest BCUT2D eigenvalue weighted by Gasteiger charge is 2.24. The molecule has 30 heavy (non-hydrogen) atoms. The van der Waals surface area contributed by atoms with Gasteiger partial charge in [-0.2, -0.15) is 0 Å². The molecule has 7 nitrogen and oxygen atoms in total. The van der Waals surface area contributed by atoms with Gasteiger partial charge in [-0.25, -0.2) is 0 Å². The Kier molecular flexibility index (Phi) is 7.84. The average molecular weight is 475 g/mol. The van der Waals surface area contributed by atoms with Gasteiger partial charge in [-0.1, -0.05) is 34.1 Å². The smallest absolute Gasteiger partial charge is 0.306 e. The van der Waals surface area contributed by atoms with Gasteiger partial charge >= 0.3 is 5.97 Å². The number of benzene rings is 2. The maximum absolute atomic E-state index is 12.2. The van der Waals surface area contributed by atoms with Crippen molar-refractivity contribution in [2.24, 2.45) is 0 Å².